The Bertz CT molecular complexity index is 318. The van der Waals surface area contributed by atoms with Crippen LogP contribution in [0.3, 0.4) is 0 Å². The van der Waals surface area contributed by atoms with Gasteiger partial charge in [0, 0.05) is 5.56 Å². The first-order valence-corrected chi connectivity index (χ1v) is 4.04. The highest BCUT2D eigenvalue weighted by atomic mass is 31.1. The molecule has 0 atom stereocenters. The molecule has 0 fully saturated rings. The summed E-state index contributed by atoms with van der Waals surface area (Å²) in [5.74, 6) is -0.715. The van der Waals surface area contributed by atoms with E-state index in [0.717, 1.165) is 0 Å². The molecule has 0 saturated heterocycles. The molecule has 0 radical (unpaired) electrons. The molecule has 0 amide bonds. The van der Waals surface area contributed by atoms with Crippen LogP contribution in [0.2, 0.25) is 0 Å². The number of hydrogen-bond acceptors (Lipinski definition) is 3. The molecule has 0 unspecified atom stereocenters. The van der Waals surface area contributed by atoms with Gasteiger partial charge in [-0.25, -0.2) is 0 Å². The largest absolute Gasteiger partial charge is 0.293 e. The van der Waals surface area contributed by atoms with Crippen LogP contribution >= 0.6 is 8.46 Å². The van der Waals surface area contributed by atoms with E-state index in [1.165, 1.54) is 12.1 Å². The summed E-state index contributed by atoms with van der Waals surface area (Å²) < 4.78 is 10.0. The van der Waals surface area contributed by atoms with Crippen LogP contribution in [-0.2, 0) is 9.36 Å². The van der Waals surface area contributed by atoms with E-state index < -0.39 is 19.8 Å². The Hall–Kier alpha value is -1.34. The lowest BCUT2D eigenvalue weighted by Gasteiger charge is -1.91. The van der Waals surface area contributed by atoms with Crippen LogP contribution in [0, 0.1) is 0 Å². The van der Waals surface area contributed by atoms with Crippen LogP contribution in [0.25, 0.3) is 0 Å². The molecule has 0 heterocycles. The standard InChI is InChI=1S/C8H5O3P/c9-7(8(10)12-11)6-4-2-1-3-5-6/h1-5H. The summed E-state index contributed by atoms with van der Waals surface area (Å²) in [5.41, 5.74) is -0.646. The molecule has 1 aromatic rings. The lowest BCUT2D eigenvalue weighted by molar-refractivity contribution is -0.108. The van der Waals surface area contributed by atoms with Crippen molar-refractivity contribution >= 4 is 19.8 Å². The minimum absolute atomic E-state index is 0.269. The number of hydrogen-bond donors (Lipinski definition) is 0. The minimum atomic E-state index is -0.916. The monoisotopic (exact) mass is 180 g/mol. The normalized spacial score (nSPS) is 9.67. The van der Waals surface area contributed by atoms with Crippen molar-refractivity contribution in [3.63, 3.8) is 0 Å². The molecule has 1 aromatic carbocycles. The minimum Gasteiger partial charge on any atom is -0.284 e. The second-order valence-electron chi connectivity index (χ2n) is 2.09. The molecule has 0 aliphatic rings. The topological polar surface area (TPSA) is 51.2 Å². The molecular weight excluding hydrogens is 175 g/mol. The molecule has 0 bridgehead atoms. The summed E-state index contributed by atoms with van der Waals surface area (Å²) in [5, 5.41) is 0. The van der Waals surface area contributed by atoms with Crippen LogP contribution in [0.15, 0.2) is 30.3 Å². The predicted octanol–water partition coefficient (Wildman–Crippen LogP) is 1.69. The van der Waals surface area contributed by atoms with Crippen molar-refractivity contribution < 1.29 is 14.2 Å². The Morgan fingerprint density at radius 2 is 1.67 bits per heavy atom. The molecule has 0 aliphatic heterocycles. The van der Waals surface area contributed by atoms with Gasteiger partial charge in [-0.3, -0.25) is 14.2 Å². The average molecular weight is 180 g/mol. The van der Waals surface area contributed by atoms with Gasteiger partial charge in [-0.15, -0.1) is 0 Å². The first-order valence-electron chi connectivity index (χ1n) is 3.23. The van der Waals surface area contributed by atoms with Gasteiger partial charge in [-0.1, -0.05) is 30.3 Å². The van der Waals surface area contributed by atoms with Crippen molar-refractivity contribution in [3.05, 3.63) is 35.9 Å². The van der Waals surface area contributed by atoms with Gasteiger partial charge in [0.2, 0.25) is 14.2 Å². The molecule has 60 valence electrons. The van der Waals surface area contributed by atoms with Crippen molar-refractivity contribution in [2.75, 3.05) is 0 Å². The summed E-state index contributed by atoms with van der Waals surface area (Å²) in [4.78, 5) is 21.7. The molecule has 0 N–H and O–H groups in total. The zero-order valence-corrected chi connectivity index (χ0v) is 6.95. The van der Waals surface area contributed by atoms with E-state index in [1.807, 2.05) is 0 Å². The second-order valence-corrected chi connectivity index (χ2v) is 2.68. The van der Waals surface area contributed by atoms with Gasteiger partial charge in [0.1, 0.15) is 0 Å². The molecule has 0 spiro atoms. The number of carbonyl (C=O) groups is 2. The third-order valence-corrected chi connectivity index (χ3v) is 1.68. The smallest absolute Gasteiger partial charge is 0.284 e. The quantitative estimate of drug-likeness (QED) is 0.404. The van der Waals surface area contributed by atoms with Crippen molar-refractivity contribution in [1.82, 2.24) is 0 Å². The van der Waals surface area contributed by atoms with E-state index in [0.29, 0.717) is 0 Å². The van der Waals surface area contributed by atoms with Gasteiger partial charge < -0.3 is 0 Å². The van der Waals surface area contributed by atoms with Gasteiger partial charge in [0.05, 0.1) is 0 Å². The SMILES string of the molecule is O=PC(=O)C(=O)c1ccccc1. The number of rotatable bonds is 3. The Morgan fingerprint density at radius 1 is 1.08 bits per heavy atom. The average Bonchev–Trinajstić information content (AvgIpc) is 2.17. The van der Waals surface area contributed by atoms with Crippen molar-refractivity contribution in [3.8, 4) is 0 Å². The number of benzene rings is 1. The van der Waals surface area contributed by atoms with Crippen molar-refractivity contribution in [1.29, 1.82) is 0 Å². The Labute approximate surface area is 70.6 Å². The molecule has 0 aromatic heterocycles. The van der Waals surface area contributed by atoms with Crippen LogP contribution in [0.5, 0.6) is 0 Å². The van der Waals surface area contributed by atoms with Crippen molar-refractivity contribution in [2.24, 2.45) is 0 Å². The zero-order chi connectivity index (χ0) is 8.97. The fraction of sp³-hybridized carbons (Fsp3) is 0. The summed E-state index contributed by atoms with van der Waals surface area (Å²) in [6, 6.07) is 8.03. The highest BCUT2D eigenvalue weighted by Crippen LogP contribution is 2.05. The summed E-state index contributed by atoms with van der Waals surface area (Å²) in [6.45, 7) is 0. The van der Waals surface area contributed by atoms with Crippen LogP contribution in [0.1, 0.15) is 10.4 Å². The fourth-order valence-electron chi connectivity index (χ4n) is 0.754. The highest BCUT2D eigenvalue weighted by Gasteiger charge is 2.14. The second kappa shape index (κ2) is 3.88. The first-order chi connectivity index (χ1) is 5.75. The zero-order valence-electron chi connectivity index (χ0n) is 6.06. The van der Waals surface area contributed by atoms with Gasteiger partial charge in [0.25, 0.3) is 5.52 Å². The van der Waals surface area contributed by atoms with Gasteiger partial charge in [-0.05, 0) is 0 Å². The van der Waals surface area contributed by atoms with E-state index in [-0.39, 0.29) is 5.56 Å². The maximum Gasteiger partial charge on any atom is 0.293 e. The van der Waals surface area contributed by atoms with E-state index in [1.54, 1.807) is 18.2 Å². The van der Waals surface area contributed by atoms with Gasteiger partial charge in [0.15, 0.2) is 0 Å². The van der Waals surface area contributed by atoms with Gasteiger partial charge >= 0.3 is 0 Å². The number of Topliss-reactive ketones (excluding diaryl/α,β-unsaturated/α-hetero) is 1. The molecule has 12 heavy (non-hydrogen) atoms. The summed E-state index contributed by atoms with van der Waals surface area (Å²) >= 11 is 0. The summed E-state index contributed by atoms with van der Waals surface area (Å²) in [7, 11) is -0.756. The predicted molar refractivity (Wildman–Crippen MR) is 43.4 cm³/mol. The van der Waals surface area contributed by atoms with Crippen LogP contribution < -0.4 is 0 Å². The first kappa shape index (κ1) is 8.75. The molecular formula is C8H5O3P. The lowest BCUT2D eigenvalue weighted by Crippen LogP contribution is -2.06. The Morgan fingerprint density at radius 3 is 2.17 bits per heavy atom. The third-order valence-electron chi connectivity index (χ3n) is 1.31. The number of ketones is 1. The highest BCUT2D eigenvalue weighted by molar-refractivity contribution is 7.50. The fourth-order valence-corrected chi connectivity index (χ4v) is 0.966. The van der Waals surface area contributed by atoms with Gasteiger partial charge in [-0.2, -0.15) is 0 Å². The van der Waals surface area contributed by atoms with E-state index >= 15 is 0 Å². The van der Waals surface area contributed by atoms with Crippen molar-refractivity contribution in [2.45, 2.75) is 0 Å². The molecule has 4 heteroatoms. The summed E-state index contributed by atoms with van der Waals surface area (Å²) in [6.07, 6.45) is 0. The maximum atomic E-state index is 11.0. The Balaban J connectivity index is 2.93. The molecule has 1 rings (SSSR count). The van der Waals surface area contributed by atoms with E-state index in [9.17, 15) is 14.2 Å². The molecule has 3 nitrogen and oxygen atoms in total. The van der Waals surface area contributed by atoms with Crippen LogP contribution in [0.4, 0.5) is 0 Å². The van der Waals surface area contributed by atoms with E-state index in [4.69, 9.17) is 0 Å². The molecule has 0 saturated carbocycles. The number of carbonyl (C=O) groups excluding carboxylic acids is 2. The van der Waals surface area contributed by atoms with E-state index in [2.05, 4.69) is 0 Å². The Kier molecular flexibility index (Phi) is 2.83. The molecule has 0 aliphatic carbocycles. The lowest BCUT2D eigenvalue weighted by atomic mass is 10.1. The van der Waals surface area contributed by atoms with Crippen LogP contribution in [-0.4, -0.2) is 11.3 Å². The maximum absolute atomic E-state index is 11.0. The third kappa shape index (κ3) is 1.83.